The summed E-state index contributed by atoms with van der Waals surface area (Å²) >= 11 is 0. The first-order valence-electron chi connectivity index (χ1n) is 13.0. The van der Waals surface area contributed by atoms with Gasteiger partial charge >= 0.3 is 0 Å². The van der Waals surface area contributed by atoms with Crippen LogP contribution in [0.4, 0.5) is 0 Å². The second-order valence-corrected chi connectivity index (χ2v) is 12.0. The highest BCUT2D eigenvalue weighted by atomic mass is 32.2. The van der Waals surface area contributed by atoms with Gasteiger partial charge in [0.2, 0.25) is 21.8 Å². The lowest BCUT2D eigenvalue weighted by Crippen LogP contribution is -2.42. The summed E-state index contributed by atoms with van der Waals surface area (Å²) in [5, 5.41) is 0. The average molecular weight is 539 g/mol. The van der Waals surface area contributed by atoms with Gasteiger partial charge in [0.05, 0.1) is 24.7 Å². The molecule has 0 N–H and O–H groups in total. The van der Waals surface area contributed by atoms with Gasteiger partial charge in [-0.15, -0.1) is 0 Å². The average Bonchev–Trinajstić information content (AvgIpc) is 3.56. The minimum atomic E-state index is -3.72. The Morgan fingerprint density at radius 1 is 1.08 bits per heavy atom. The van der Waals surface area contributed by atoms with Gasteiger partial charge in [0.15, 0.2) is 0 Å². The van der Waals surface area contributed by atoms with Crippen LogP contribution in [-0.4, -0.2) is 119 Å². The van der Waals surface area contributed by atoms with E-state index in [1.807, 2.05) is 4.90 Å². The van der Waals surface area contributed by atoms with Crippen molar-refractivity contribution in [3.05, 3.63) is 23.3 Å². The third-order valence-electron chi connectivity index (χ3n) is 7.41. The van der Waals surface area contributed by atoms with Crippen LogP contribution in [0.15, 0.2) is 17.0 Å². The number of carbonyl (C=O) groups excluding carboxylic acids is 2. The van der Waals surface area contributed by atoms with Crippen LogP contribution in [0.5, 0.6) is 5.75 Å². The Labute approximate surface area is 221 Å². The molecule has 0 aromatic heterocycles. The molecule has 2 saturated heterocycles. The zero-order chi connectivity index (χ0) is 27.2. The lowest BCUT2D eigenvalue weighted by molar-refractivity contribution is -0.137. The number of likely N-dealkylation sites (tertiary alicyclic amines) is 2. The van der Waals surface area contributed by atoms with Crippen LogP contribution in [-0.2, 0) is 24.3 Å². The number of hydrogen-bond donors (Lipinski definition) is 0. The van der Waals surface area contributed by atoms with Gasteiger partial charge in [0.25, 0.3) is 0 Å². The fraction of sp³-hybridized carbons (Fsp3) is 0.692. The minimum absolute atomic E-state index is 0.0316. The van der Waals surface area contributed by atoms with E-state index in [4.69, 9.17) is 9.47 Å². The van der Waals surface area contributed by atoms with Crippen molar-refractivity contribution >= 4 is 21.8 Å². The summed E-state index contributed by atoms with van der Waals surface area (Å²) < 4.78 is 38.2. The van der Waals surface area contributed by atoms with Crippen molar-refractivity contribution < 1.29 is 27.5 Å². The minimum Gasteiger partial charge on any atom is -0.497 e. The van der Waals surface area contributed by atoms with Gasteiger partial charge < -0.3 is 24.2 Å². The maximum absolute atomic E-state index is 13.1. The maximum Gasteiger partial charge on any atom is 0.248 e. The van der Waals surface area contributed by atoms with Crippen molar-refractivity contribution in [3.63, 3.8) is 0 Å². The Morgan fingerprint density at radius 3 is 2.35 bits per heavy atom. The van der Waals surface area contributed by atoms with E-state index in [1.54, 1.807) is 45.0 Å². The lowest BCUT2D eigenvalue weighted by atomic mass is 10.1. The van der Waals surface area contributed by atoms with Crippen LogP contribution in [0, 0.1) is 13.8 Å². The summed E-state index contributed by atoms with van der Waals surface area (Å²) in [5.41, 5.74) is 1.23. The molecule has 0 spiro atoms. The molecule has 2 aliphatic rings. The van der Waals surface area contributed by atoms with Gasteiger partial charge in [-0.25, -0.2) is 8.42 Å². The normalized spacial score (nSPS) is 18.5. The van der Waals surface area contributed by atoms with E-state index >= 15 is 0 Å². The molecule has 2 fully saturated rings. The molecular formula is C26H42N4O6S. The molecule has 37 heavy (non-hydrogen) atoms. The van der Waals surface area contributed by atoms with Crippen LogP contribution in [0.1, 0.15) is 36.8 Å². The Balaban J connectivity index is 1.41. The summed E-state index contributed by atoms with van der Waals surface area (Å²) in [6, 6.07) is 3.37. The fourth-order valence-electron chi connectivity index (χ4n) is 5.07. The van der Waals surface area contributed by atoms with Gasteiger partial charge in [-0.1, -0.05) is 0 Å². The van der Waals surface area contributed by atoms with Crippen molar-refractivity contribution in [1.29, 1.82) is 0 Å². The number of nitrogens with zero attached hydrogens (tertiary/aromatic N) is 4. The third-order valence-corrected chi connectivity index (χ3v) is 9.57. The molecule has 0 saturated carbocycles. The van der Waals surface area contributed by atoms with Crippen LogP contribution in [0.2, 0.25) is 0 Å². The van der Waals surface area contributed by atoms with E-state index in [0.717, 1.165) is 26.1 Å². The van der Waals surface area contributed by atoms with Crippen LogP contribution in [0.3, 0.4) is 0 Å². The van der Waals surface area contributed by atoms with E-state index in [9.17, 15) is 18.0 Å². The molecule has 0 radical (unpaired) electrons. The number of amides is 2. The molecule has 1 aromatic carbocycles. The Morgan fingerprint density at radius 2 is 1.73 bits per heavy atom. The first-order valence-corrected chi connectivity index (χ1v) is 14.4. The van der Waals surface area contributed by atoms with E-state index in [-0.39, 0.29) is 42.5 Å². The number of rotatable bonds is 12. The van der Waals surface area contributed by atoms with Crippen molar-refractivity contribution in [2.45, 2.75) is 50.5 Å². The fourth-order valence-corrected chi connectivity index (χ4v) is 6.63. The van der Waals surface area contributed by atoms with Crippen LogP contribution < -0.4 is 4.74 Å². The largest absolute Gasteiger partial charge is 0.497 e. The molecule has 10 nitrogen and oxygen atoms in total. The predicted octanol–water partition coefficient (Wildman–Crippen LogP) is 1.49. The van der Waals surface area contributed by atoms with E-state index in [2.05, 4.69) is 4.90 Å². The highest BCUT2D eigenvalue weighted by Crippen LogP contribution is 2.27. The summed E-state index contributed by atoms with van der Waals surface area (Å²) in [7, 11) is 1.07. The van der Waals surface area contributed by atoms with Crippen LogP contribution >= 0.6 is 0 Å². The Hall–Kier alpha value is -2.21. The zero-order valence-electron chi connectivity index (χ0n) is 22.9. The zero-order valence-corrected chi connectivity index (χ0v) is 23.7. The highest BCUT2D eigenvalue weighted by molar-refractivity contribution is 7.89. The molecule has 0 bridgehead atoms. The van der Waals surface area contributed by atoms with E-state index in [1.165, 1.54) is 24.2 Å². The smallest absolute Gasteiger partial charge is 0.248 e. The monoisotopic (exact) mass is 538 g/mol. The van der Waals surface area contributed by atoms with E-state index in [0.29, 0.717) is 36.4 Å². The molecule has 3 rings (SSSR count). The lowest BCUT2D eigenvalue weighted by Gasteiger charge is -2.25. The number of carbonyl (C=O) groups is 2. The highest BCUT2D eigenvalue weighted by Gasteiger charge is 2.31. The number of hydrogen-bond acceptors (Lipinski definition) is 7. The van der Waals surface area contributed by atoms with Gasteiger partial charge in [0.1, 0.15) is 12.4 Å². The molecule has 2 aliphatic heterocycles. The van der Waals surface area contributed by atoms with Gasteiger partial charge in [-0.3, -0.25) is 9.59 Å². The van der Waals surface area contributed by atoms with Gasteiger partial charge in [-0.2, -0.15) is 4.31 Å². The van der Waals surface area contributed by atoms with Crippen molar-refractivity contribution in [2.75, 3.05) is 73.7 Å². The molecule has 208 valence electrons. The summed E-state index contributed by atoms with van der Waals surface area (Å²) in [5.74, 6) is 0.584. The summed E-state index contributed by atoms with van der Waals surface area (Å²) in [4.78, 5) is 31.3. The maximum atomic E-state index is 13.1. The molecule has 2 heterocycles. The van der Waals surface area contributed by atoms with Crippen molar-refractivity contribution in [1.82, 2.24) is 19.0 Å². The van der Waals surface area contributed by atoms with Crippen molar-refractivity contribution in [3.8, 4) is 5.75 Å². The Kier molecular flexibility index (Phi) is 10.3. The second kappa shape index (κ2) is 13.0. The number of aryl methyl sites for hydroxylation is 2. The number of likely N-dealkylation sites (N-methyl/N-ethyl adjacent to an activating group) is 2. The molecule has 2 amide bonds. The molecule has 1 unspecified atom stereocenters. The Bertz CT molecular complexity index is 1030. The van der Waals surface area contributed by atoms with Crippen molar-refractivity contribution in [2.24, 2.45) is 0 Å². The third kappa shape index (κ3) is 7.43. The number of sulfonamides is 1. The van der Waals surface area contributed by atoms with Gasteiger partial charge in [-0.05, 0) is 69.5 Å². The summed E-state index contributed by atoms with van der Waals surface area (Å²) in [6.45, 7) is 7.73. The quantitative estimate of drug-likeness (QED) is 0.372. The number of benzene rings is 1. The molecular weight excluding hydrogens is 496 g/mol. The predicted molar refractivity (Wildman–Crippen MR) is 141 cm³/mol. The first kappa shape index (κ1) is 29.3. The second-order valence-electron chi connectivity index (χ2n) is 10.1. The number of methoxy groups -OCH3 is 1. The van der Waals surface area contributed by atoms with Gasteiger partial charge in [0, 0.05) is 46.7 Å². The van der Waals surface area contributed by atoms with Crippen LogP contribution in [0.25, 0.3) is 0 Å². The number of ether oxygens (including phenoxy) is 2. The molecule has 11 heteroatoms. The standard InChI is InChI=1S/C26H42N4O6S/c1-20-16-23(35-5)17-21(2)26(20)37(33,34)27(3)14-15-36-19-25(32)28(4)22-8-13-30(18-22)24(31)9-12-29-10-6-7-11-29/h16-17,22H,6-15,18-19H2,1-5H3. The molecule has 0 aliphatic carbocycles. The molecule has 1 atom stereocenters. The SMILES string of the molecule is COc1cc(C)c(S(=O)(=O)N(C)CCOCC(=O)N(C)C2CCN(C(=O)CCN3CCCC3)C2)c(C)c1. The van der Waals surface area contributed by atoms with E-state index < -0.39 is 10.0 Å². The molecule has 1 aromatic rings. The topological polar surface area (TPSA) is 99.7 Å². The summed E-state index contributed by atoms with van der Waals surface area (Å²) in [6.07, 6.45) is 3.70. The first-order chi connectivity index (χ1) is 17.5.